The van der Waals surface area contributed by atoms with Crippen molar-refractivity contribution in [1.29, 1.82) is 0 Å². The molecular formula is C11H17N3O. The number of nitrogens with zero attached hydrogens (tertiary/aromatic N) is 1. The van der Waals surface area contributed by atoms with Gasteiger partial charge in [0.2, 0.25) is 5.91 Å². The summed E-state index contributed by atoms with van der Waals surface area (Å²) in [6, 6.07) is 3.62. The topological polar surface area (TPSA) is 54.0 Å². The van der Waals surface area contributed by atoms with Gasteiger partial charge in [-0.1, -0.05) is 6.07 Å². The zero-order valence-corrected chi connectivity index (χ0v) is 9.32. The molecule has 0 spiro atoms. The van der Waals surface area contributed by atoms with Crippen LogP contribution in [0, 0.1) is 0 Å². The Morgan fingerprint density at radius 3 is 2.73 bits per heavy atom. The molecule has 0 aliphatic rings. The lowest BCUT2D eigenvalue weighted by Gasteiger charge is -2.17. The van der Waals surface area contributed by atoms with Crippen molar-refractivity contribution in [3.05, 3.63) is 30.1 Å². The Balaban J connectivity index is 2.56. The Morgan fingerprint density at radius 1 is 1.47 bits per heavy atom. The molecule has 82 valence electrons. The monoisotopic (exact) mass is 207 g/mol. The first-order chi connectivity index (χ1) is 7.15. The van der Waals surface area contributed by atoms with Crippen molar-refractivity contribution in [2.45, 2.75) is 25.9 Å². The fourth-order valence-electron chi connectivity index (χ4n) is 1.18. The Bertz CT molecular complexity index is 313. The molecule has 0 bridgehead atoms. The van der Waals surface area contributed by atoms with Gasteiger partial charge in [-0.2, -0.15) is 0 Å². The zero-order valence-electron chi connectivity index (χ0n) is 9.32. The van der Waals surface area contributed by atoms with Crippen molar-refractivity contribution in [1.82, 2.24) is 15.6 Å². The second-order valence-corrected chi connectivity index (χ2v) is 3.53. The lowest BCUT2D eigenvalue weighted by molar-refractivity contribution is -0.123. The number of rotatable bonds is 4. The van der Waals surface area contributed by atoms with E-state index in [1.165, 1.54) is 0 Å². The summed E-state index contributed by atoms with van der Waals surface area (Å²) in [4.78, 5) is 15.6. The average Bonchev–Trinajstić information content (AvgIpc) is 2.29. The first-order valence-corrected chi connectivity index (χ1v) is 5.02. The summed E-state index contributed by atoms with van der Waals surface area (Å²) in [7, 11) is 1.76. The first kappa shape index (κ1) is 11.7. The minimum absolute atomic E-state index is 0.00569. The maximum atomic E-state index is 11.6. The molecule has 0 aliphatic carbocycles. The second kappa shape index (κ2) is 5.46. The van der Waals surface area contributed by atoms with Crippen molar-refractivity contribution in [3.63, 3.8) is 0 Å². The molecule has 2 N–H and O–H groups in total. The summed E-state index contributed by atoms with van der Waals surface area (Å²) in [5, 5.41) is 5.80. The molecule has 15 heavy (non-hydrogen) atoms. The van der Waals surface area contributed by atoms with Gasteiger partial charge < -0.3 is 10.6 Å². The van der Waals surface area contributed by atoms with Gasteiger partial charge in [0.05, 0.1) is 12.1 Å². The molecule has 1 rings (SSSR count). The normalized spacial score (nSPS) is 14.3. The van der Waals surface area contributed by atoms with E-state index in [-0.39, 0.29) is 18.0 Å². The summed E-state index contributed by atoms with van der Waals surface area (Å²) in [6.45, 7) is 3.77. The van der Waals surface area contributed by atoms with Crippen molar-refractivity contribution >= 4 is 5.91 Å². The van der Waals surface area contributed by atoms with Crippen molar-refractivity contribution in [2.75, 3.05) is 7.05 Å². The summed E-state index contributed by atoms with van der Waals surface area (Å²) in [5.41, 5.74) is 1.01. The lowest BCUT2D eigenvalue weighted by atomic mass is 10.1. The third-order valence-corrected chi connectivity index (χ3v) is 2.37. The van der Waals surface area contributed by atoms with E-state index in [2.05, 4.69) is 15.6 Å². The maximum Gasteiger partial charge on any atom is 0.237 e. The number of likely N-dealkylation sites (N-methyl/N-ethyl adjacent to an activating group) is 1. The van der Waals surface area contributed by atoms with E-state index in [9.17, 15) is 4.79 Å². The fourth-order valence-corrected chi connectivity index (χ4v) is 1.18. The number of aromatic nitrogens is 1. The highest BCUT2D eigenvalue weighted by Crippen LogP contribution is 2.09. The summed E-state index contributed by atoms with van der Waals surface area (Å²) < 4.78 is 0. The predicted molar refractivity (Wildman–Crippen MR) is 59.3 cm³/mol. The van der Waals surface area contributed by atoms with Crippen LogP contribution >= 0.6 is 0 Å². The number of pyridine rings is 1. The molecule has 0 aromatic carbocycles. The quantitative estimate of drug-likeness (QED) is 0.770. The second-order valence-electron chi connectivity index (χ2n) is 3.53. The van der Waals surface area contributed by atoms with E-state index in [1.54, 1.807) is 19.4 Å². The van der Waals surface area contributed by atoms with Crippen LogP contribution in [0.15, 0.2) is 24.5 Å². The smallest absolute Gasteiger partial charge is 0.237 e. The molecule has 2 atom stereocenters. The van der Waals surface area contributed by atoms with Crippen LogP contribution in [0.5, 0.6) is 0 Å². The number of hydrogen-bond acceptors (Lipinski definition) is 3. The van der Waals surface area contributed by atoms with Crippen molar-refractivity contribution < 1.29 is 4.79 Å². The van der Waals surface area contributed by atoms with Gasteiger partial charge in [-0.15, -0.1) is 0 Å². The van der Waals surface area contributed by atoms with E-state index in [4.69, 9.17) is 0 Å². The number of carbonyl (C=O) groups is 1. The van der Waals surface area contributed by atoms with Gasteiger partial charge in [0.1, 0.15) is 0 Å². The minimum Gasteiger partial charge on any atom is -0.348 e. The third-order valence-electron chi connectivity index (χ3n) is 2.37. The number of hydrogen-bond donors (Lipinski definition) is 2. The van der Waals surface area contributed by atoms with Gasteiger partial charge in [0.25, 0.3) is 0 Å². The molecule has 0 saturated heterocycles. The molecule has 4 heteroatoms. The molecule has 1 heterocycles. The van der Waals surface area contributed by atoms with Gasteiger partial charge >= 0.3 is 0 Å². The van der Waals surface area contributed by atoms with E-state index < -0.39 is 0 Å². The Morgan fingerprint density at radius 2 is 2.20 bits per heavy atom. The Kier molecular flexibility index (Phi) is 4.24. The average molecular weight is 207 g/mol. The Labute approximate surface area is 90.1 Å². The summed E-state index contributed by atoms with van der Waals surface area (Å²) >= 11 is 0. The van der Waals surface area contributed by atoms with Gasteiger partial charge in [0, 0.05) is 12.4 Å². The standard InChI is InChI=1S/C11H17N3O/c1-8(10-5-4-6-13-7-10)14-11(15)9(2)12-3/h4-9,12H,1-3H3,(H,14,15). The van der Waals surface area contributed by atoms with Gasteiger partial charge in [-0.25, -0.2) is 0 Å². The molecule has 1 aromatic heterocycles. The zero-order chi connectivity index (χ0) is 11.3. The van der Waals surface area contributed by atoms with Crippen LogP contribution in [0.2, 0.25) is 0 Å². The van der Waals surface area contributed by atoms with E-state index in [0.717, 1.165) is 5.56 Å². The number of amides is 1. The van der Waals surface area contributed by atoms with Crippen LogP contribution in [-0.4, -0.2) is 24.0 Å². The molecule has 0 aliphatic heterocycles. The molecule has 0 fully saturated rings. The highest BCUT2D eigenvalue weighted by atomic mass is 16.2. The van der Waals surface area contributed by atoms with Crippen LogP contribution in [0.4, 0.5) is 0 Å². The van der Waals surface area contributed by atoms with E-state index >= 15 is 0 Å². The number of carbonyl (C=O) groups excluding carboxylic acids is 1. The van der Waals surface area contributed by atoms with Crippen LogP contribution in [0.3, 0.4) is 0 Å². The molecular weight excluding hydrogens is 190 g/mol. The maximum absolute atomic E-state index is 11.6. The molecule has 4 nitrogen and oxygen atoms in total. The summed E-state index contributed by atoms with van der Waals surface area (Å²) in [5.74, 6) is -0.00569. The van der Waals surface area contributed by atoms with Crippen LogP contribution in [0.25, 0.3) is 0 Å². The van der Waals surface area contributed by atoms with E-state index in [1.807, 2.05) is 26.0 Å². The van der Waals surface area contributed by atoms with Gasteiger partial charge in [0.15, 0.2) is 0 Å². The predicted octanol–water partition coefficient (Wildman–Crippen LogP) is 0.867. The Hall–Kier alpha value is -1.42. The number of nitrogens with one attached hydrogen (secondary N) is 2. The van der Waals surface area contributed by atoms with E-state index in [0.29, 0.717) is 0 Å². The van der Waals surface area contributed by atoms with Crippen LogP contribution < -0.4 is 10.6 Å². The third kappa shape index (κ3) is 3.32. The van der Waals surface area contributed by atoms with Crippen molar-refractivity contribution in [3.8, 4) is 0 Å². The molecule has 0 saturated carbocycles. The van der Waals surface area contributed by atoms with Crippen molar-refractivity contribution in [2.24, 2.45) is 0 Å². The molecule has 2 unspecified atom stereocenters. The molecule has 1 amide bonds. The lowest BCUT2D eigenvalue weighted by Crippen LogP contribution is -2.41. The SMILES string of the molecule is CNC(C)C(=O)NC(C)c1cccnc1. The highest BCUT2D eigenvalue weighted by molar-refractivity contribution is 5.81. The van der Waals surface area contributed by atoms with Crippen LogP contribution in [-0.2, 0) is 4.79 Å². The largest absolute Gasteiger partial charge is 0.348 e. The van der Waals surface area contributed by atoms with Gasteiger partial charge in [-0.3, -0.25) is 9.78 Å². The minimum atomic E-state index is -0.177. The highest BCUT2D eigenvalue weighted by Gasteiger charge is 2.13. The first-order valence-electron chi connectivity index (χ1n) is 5.02. The fraction of sp³-hybridized carbons (Fsp3) is 0.455. The molecule has 0 radical (unpaired) electrons. The van der Waals surface area contributed by atoms with Crippen LogP contribution in [0.1, 0.15) is 25.5 Å². The van der Waals surface area contributed by atoms with Gasteiger partial charge in [-0.05, 0) is 32.5 Å². The molecule has 1 aromatic rings. The summed E-state index contributed by atoms with van der Waals surface area (Å²) in [6.07, 6.45) is 3.48.